The zero-order valence-electron chi connectivity index (χ0n) is 15.6. The molecule has 2 heterocycles. The van der Waals surface area contributed by atoms with Crippen LogP contribution in [0.5, 0.6) is 5.75 Å². The smallest absolute Gasteiger partial charge is 0.419 e. The zero-order valence-corrected chi connectivity index (χ0v) is 15.6. The number of alkyl halides is 3. The molecule has 4 rings (SSSR count). The fourth-order valence-electron chi connectivity index (χ4n) is 3.73. The van der Waals surface area contributed by atoms with Gasteiger partial charge in [-0.2, -0.15) is 13.2 Å². The van der Waals surface area contributed by atoms with E-state index in [1.807, 2.05) is 0 Å². The molecule has 3 N–H and O–H groups in total. The van der Waals surface area contributed by atoms with Crippen LogP contribution in [-0.4, -0.2) is 37.5 Å². The number of pyridine rings is 1. The first-order valence-electron chi connectivity index (χ1n) is 9.41. The number of phenols is 1. The van der Waals surface area contributed by atoms with Gasteiger partial charge >= 0.3 is 6.18 Å². The van der Waals surface area contributed by atoms with Crippen molar-refractivity contribution in [3.05, 3.63) is 42.0 Å². The average Bonchev–Trinajstić information content (AvgIpc) is 2.71. The highest BCUT2D eigenvalue weighted by atomic mass is 19.4. The van der Waals surface area contributed by atoms with Crippen LogP contribution in [0, 0.1) is 5.82 Å². The van der Waals surface area contributed by atoms with E-state index in [0.717, 1.165) is 19.3 Å². The zero-order chi connectivity index (χ0) is 21.5. The number of fused-ring (bicyclic) bond motifs is 1. The Balaban J connectivity index is 1.80. The van der Waals surface area contributed by atoms with Gasteiger partial charge in [0.2, 0.25) is 0 Å². The molecule has 0 bridgehead atoms. The predicted molar refractivity (Wildman–Crippen MR) is 101 cm³/mol. The highest BCUT2D eigenvalue weighted by molar-refractivity contribution is 6.00. The van der Waals surface area contributed by atoms with E-state index in [1.54, 1.807) is 6.07 Å². The second-order valence-electron chi connectivity index (χ2n) is 7.27. The van der Waals surface area contributed by atoms with E-state index in [1.165, 1.54) is 12.4 Å². The number of rotatable bonds is 3. The number of aliphatic hydroxyl groups is 1. The van der Waals surface area contributed by atoms with Crippen LogP contribution in [0.2, 0.25) is 0 Å². The standard InChI is InChI=1S/C20H18F4N4O2/c21-14-7-11(17(30)8-13(14)20(22,23)24)18-10-5-6-25-9-12(10)19(28-27-18)26-15-3-1-2-4-16(15)29/h5-9,15-16,29-30H,1-4H2,(H,26,28)/t15-,16+/m0/s1. The summed E-state index contributed by atoms with van der Waals surface area (Å²) in [4.78, 5) is 4.05. The Morgan fingerprint density at radius 3 is 2.57 bits per heavy atom. The van der Waals surface area contributed by atoms with Gasteiger partial charge in [-0.3, -0.25) is 4.98 Å². The van der Waals surface area contributed by atoms with E-state index in [-0.39, 0.29) is 17.3 Å². The molecule has 1 aromatic carbocycles. The summed E-state index contributed by atoms with van der Waals surface area (Å²) in [5.74, 6) is -1.94. The van der Waals surface area contributed by atoms with Crippen molar-refractivity contribution in [2.45, 2.75) is 44.0 Å². The molecule has 0 aliphatic heterocycles. The maximum absolute atomic E-state index is 14.1. The second-order valence-corrected chi connectivity index (χ2v) is 7.27. The van der Waals surface area contributed by atoms with E-state index in [0.29, 0.717) is 35.1 Å². The SMILES string of the molecule is Oc1cc(C(F)(F)F)c(F)cc1-c1nnc(N[C@H]2CCCC[C@H]2O)c2cnccc12. The number of hydrogen-bond donors (Lipinski definition) is 3. The lowest BCUT2D eigenvalue weighted by molar-refractivity contribution is -0.140. The summed E-state index contributed by atoms with van der Waals surface area (Å²) in [5, 5.41) is 32.5. The fraction of sp³-hybridized carbons (Fsp3) is 0.350. The number of benzene rings is 1. The summed E-state index contributed by atoms with van der Waals surface area (Å²) in [6.45, 7) is 0. The summed E-state index contributed by atoms with van der Waals surface area (Å²) in [6.07, 6.45) is 0.759. The molecule has 3 aromatic rings. The number of nitrogens with zero attached hydrogens (tertiary/aromatic N) is 3. The summed E-state index contributed by atoms with van der Waals surface area (Å²) >= 11 is 0. The maximum Gasteiger partial charge on any atom is 0.419 e. The van der Waals surface area contributed by atoms with Gasteiger partial charge in [0, 0.05) is 28.7 Å². The molecular weight excluding hydrogens is 404 g/mol. The van der Waals surface area contributed by atoms with Gasteiger partial charge < -0.3 is 15.5 Å². The van der Waals surface area contributed by atoms with Crippen molar-refractivity contribution in [2.24, 2.45) is 0 Å². The molecule has 0 amide bonds. The molecule has 0 spiro atoms. The quantitative estimate of drug-likeness (QED) is 0.546. The number of aromatic nitrogens is 3. The van der Waals surface area contributed by atoms with E-state index < -0.39 is 29.4 Å². The number of aliphatic hydroxyl groups excluding tert-OH is 1. The van der Waals surface area contributed by atoms with Crippen LogP contribution in [-0.2, 0) is 6.18 Å². The van der Waals surface area contributed by atoms with Crippen LogP contribution in [0.3, 0.4) is 0 Å². The van der Waals surface area contributed by atoms with Crippen molar-refractivity contribution in [2.75, 3.05) is 5.32 Å². The molecular formula is C20H18F4N4O2. The Labute approximate surface area is 168 Å². The minimum atomic E-state index is -4.94. The van der Waals surface area contributed by atoms with Crippen LogP contribution in [0.25, 0.3) is 22.0 Å². The van der Waals surface area contributed by atoms with Gasteiger partial charge in [0.25, 0.3) is 0 Å². The van der Waals surface area contributed by atoms with E-state index >= 15 is 0 Å². The molecule has 0 unspecified atom stereocenters. The predicted octanol–water partition coefficient (Wildman–Crippen LogP) is 4.27. The molecule has 158 valence electrons. The summed E-state index contributed by atoms with van der Waals surface area (Å²) in [7, 11) is 0. The van der Waals surface area contributed by atoms with Gasteiger partial charge in [-0.05, 0) is 31.0 Å². The minimum absolute atomic E-state index is 0.0206. The van der Waals surface area contributed by atoms with Crippen LogP contribution < -0.4 is 5.32 Å². The lowest BCUT2D eigenvalue weighted by Crippen LogP contribution is -2.36. The highest BCUT2D eigenvalue weighted by Gasteiger charge is 2.35. The number of aromatic hydroxyl groups is 1. The Kier molecular flexibility index (Phi) is 5.19. The third-order valence-electron chi connectivity index (χ3n) is 5.28. The molecule has 2 aromatic heterocycles. The first-order chi connectivity index (χ1) is 14.3. The van der Waals surface area contributed by atoms with Crippen molar-refractivity contribution in [1.82, 2.24) is 15.2 Å². The normalized spacial score (nSPS) is 19.8. The number of anilines is 1. The summed E-state index contributed by atoms with van der Waals surface area (Å²) < 4.78 is 52.8. The monoisotopic (exact) mass is 422 g/mol. The molecule has 6 nitrogen and oxygen atoms in total. The Morgan fingerprint density at radius 1 is 1.07 bits per heavy atom. The molecule has 2 atom stereocenters. The lowest BCUT2D eigenvalue weighted by Gasteiger charge is -2.29. The molecule has 30 heavy (non-hydrogen) atoms. The first-order valence-corrected chi connectivity index (χ1v) is 9.41. The molecule has 1 saturated carbocycles. The molecule has 1 aliphatic carbocycles. The number of phenolic OH excluding ortho intramolecular Hbond substituents is 1. The van der Waals surface area contributed by atoms with Crippen LogP contribution in [0.15, 0.2) is 30.6 Å². The third-order valence-corrected chi connectivity index (χ3v) is 5.28. The van der Waals surface area contributed by atoms with E-state index in [2.05, 4.69) is 20.5 Å². The largest absolute Gasteiger partial charge is 0.507 e. The van der Waals surface area contributed by atoms with Gasteiger partial charge in [0.05, 0.1) is 17.7 Å². The van der Waals surface area contributed by atoms with Crippen molar-refractivity contribution < 1.29 is 27.8 Å². The Morgan fingerprint density at radius 2 is 1.83 bits per heavy atom. The molecule has 1 fully saturated rings. The van der Waals surface area contributed by atoms with Crippen molar-refractivity contribution in [3.63, 3.8) is 0 Å². The number of hydrogen-bond acceptors (Lipinski definition) is 6. The Bertz CT molecular complexity index is 1090. The molecule has 10 heteroatoms. The number of halogens is 4. The van der Waals surface area contributed by atoms with Crippen molar-refractivity contribution in [3.8, 4) is 17.0 Å². The maximum atomic E-state index is 14.1. The topological polar surface area (TPSA) is 91.2 Å². The summed E-state index contributed by atoms with van der Waals surface area (Å²) in [6, 6.07) is 2.26. The van der Waals surface area contributed by atoms with Gasteiger partial charge in [-0.15, -0.1) is 10.2 Å². The number of nitrogens with one attached hydrogen (secondary N) is 1. The third kappa shape index (κ3) is 3.74. The lowest BCUT2D eigenvalue weighted by atomic mass is 9.92. The van der Waals surface area contributed by atoms with Gasteiger partial charge in [0.15, 0.2) is 5.82 Å². The van der Waals surface area contributed by atoms with Crippen molar-refractivity contribution >= 4 is 16.6 Å². The fourth-order valence-corrected chi connectivity index (χ4v) is 3.73. The second kappa shape index (κ2) is 7.67. The van der Waals surface area contributed by atoms with Crippen LogP contribution >= 0.6 is 0 Å². The van der Waals surface area contributed by atoms with Gasteiger partial charge in [-0.25, -0.2) is 4.39 Å². The highest BCUT2D eigenvalue weighted by Crippen LogP contribution is 2.40. The van der Waals surface area contributed by atoms with Crippen LogP contribution in [0.1, 0.15) is 31.2 Å². The average molecular weight is 422 g/mol. The molecule has 0 radical (unpaired) electrons. The van der Waals surface area contributed by atoms with Gasteiger partial charge in [0.1, 0.15) is 17.3 Å². The van der Waals surface area contributed by atoms with Crippen LogP contribution in [0.4, 0.5) is 23.4 Å². The minimum Gasteiger partial charge on any atom is -0.507 e. The van der Waals surface area contributed by atoms with E-state index in [4.69, 9.17) is 0 Å². The summed E-state index contributed by atoms with van der Waals surface area (Å²) in [5.41, 5.74) is -1.76. The Hall–Kier alpha value is -3.01. The molecule has 1 aliphatic rings. The van der Waals surface area contributed by atoms with Crippen molar-refractivity contribution in [1.29, 1.82) is 0 Å². The first kappa shape index (κ1) is 20.3. The van der Waals surface area contributed by atoms with Gasteiger partial charge in [-0.1, -0.05) is 12.8 Å². The molecule has 0 saturated heterocycles. The van der Waals surface area contributed by atoms with E-state index in [9.17, 15) is 27.8 Å².